The highest BCUT2D eigenvalue weighted by Crippen LogP contribution is 2.28. The minimum absolute atomic E-state index is 0.549. The standard InChI is InChI=1S/C16H15ClO2/c1-10-6-7-13(8-11(10)2)15(16(18)19)12-4-3-5-14(17)9-12/h3-9,15H,1-2H3,(H,18,19). The number of carbonyl (C=O) groups is 1. The number of carboxylic acids is 1. The van der Waals surface area contributed by atoms with Gasteiger partial charge in [0.25, 0.3) is 0 Å². The zero-order valence-electron chi connectivity index (χ0n) is 10.9. The molecule has 0 aliphatic heterocycles. The predicted molar refractivity (Wildman–Crippen MR) is 76.8 cm³/mol. The number of halogens is 1. The molecule has 0 aromatic heterocycles. The Kier molecular flexibility index (Phi) is 3.91. The first kappa shape index (κ1) is 13.6. The van der Waals surface area contributed by atoms with Gasteiger partial charge in [-0.25, -0.2) is 0 Å². The third-order valence-electron chi connectivity index (χ3n) is 3.29. The molecule has 0 radical (unpaired) electrons. The average Bonchev–Trinajstić information content (AvgIpc) is 2.33. The molecule has 0 aliphatic carbocycles. The summed E-state index contributed by atoms with van der Waals surface area (Å²) < 4.78 is 0. The van der Waals surface area contributed by atoms with Crippen LogP contribution in [0.3, 0.4) is 0 Å². The summed E-state index contributed by atoms with van der Waals surface area (Å²) in [4.78, 5) is 11.6. The lowest BCUT2D eigenvalue weighted by Crippen LogP contribution is -2.13. The van der Waals surface area contributed by atoms with Crippen molar-refractivity contribution in [2.24, 2.45) is 0 Å². The van der Waals surface area contributed by atoms with E-state index in [1.165, 1.54) is 0 Å². The van der Waals surface area contributed by atoms with Crippen molar-refractivity contribution >= 4 is 17.6 Å². The first-order valence-corrected chi connectivity index (χ1v) is 6.42. The van der Waals surface area contributed by atoms with Gasteiger partial charge in [0.2, 0.25) is 0 Å². The average molecular weight is 275 g/mol. The molecule has 2 aromatic rings. The summed E-state index contributed by atoms with van der Waals surface area (Å²) in [6.07, 6.45) is 0. The van der Waals surface area contributed by atoms with E-state index in [9.17, 15) is 9.90 Å². The lowest BCUT2D eigenvalue weighted by molar-refractivity contribution is -0.137. The van der Waals surface area contributed by atoms with E-state index >= 15 is 0 Å². The van der Waals surface area contributed by atoms with E-state index in [0.29, 0.717) is 10.6 Å². The molecule has 2 aromatic carbocycles. The minimum atomic E-state index is -0.870. The molecule has 1 atom stereocenters. The van der Waals surface area contributed by atoms with Gasteiger partial charge in [0.15, 0.2) is 0 Å². The van der Waals surface area contributed by atoms with Crippen LogP contribution in [0.15, 0.2) is 42.5 Å². The number of hydrogen-bond acceptors (Lipinski definition) is 1. The summed E-state index contributed by atoms with van der Waals surface area (Å²) >= 11 is 5.94. The van der Waals surface area contributed by atoms with Crippen molar-refractivity contribution in [1.29, 1.82) is 0 Å². The zero-order chi connectivity index (χ0) is 14.0. The Labute approximate surface area is 117 Å². The fourth-order valence-corrected chi connectivity index (χ4v) is 2.31. The summed E-state index contributed by atoms with van der Waals surface area (Å²) in [6.45, 7) is 3.99. The van der Waals surface area contributed by atoms with E-state index in [1.807, 2.05) is 32.0 Å². The third kappa shape index (κ3) is 2.96. The molecule has 2 nitrogen and oxygen atoms in total. The highest BCUT2D eigenvalue weighted by molar-refractivity contribution is 6.30. The maximum absolute atomic E-state index is 11.6. The molecule has 98 valence electrons. The predicted octanol–water partition coefficient (Wildman–Crippen LogP) is 4.17. The van der Waals surface area contributed by atoms with Crippen LogP contribution in [0.4, 0.5) is 0 Å². The van der Waals surface area contributed by atoms with E-state index in [0.717, 1.165) is 16.7 Å². The van der Waals surface area contributed by atoms with E-state index < -0.39 is 11.9 Å². The van der Waals surface area contributed by atoms with Crippen molar-refractivity contribution < 1.29 is 9.90 Å². The third-order valence-corrected chi connectivity index (χ3v) is 3.53. The fourth-order valence-electron chi connectivity index (χ4n) is 2.11. The van der Waals surface area contributed by atoms with E-state index in [-0.39, 0.29) is 0 Å². The Hall–Kier alpha value is -1.80. The second-order valence-electron chi connectivity index (χ2n) is 4.67. The Balaban J connectivity index is 2.51. The number of aliphatic carboxylic acids is 1. The van der Waals surface area contributed by atoms with Crippen molar-refractivity contribution in [3.63, 3.8) is 0 Å². The largest absolute Gasteiger partial charge is 0.481 e. The van der Waals surface area contributed by atoms with Crippen molar-refractivity contribution in [3.05, 3.63) is 69.7 Å². The molecular formula is C16H15ClO2. The van der Waals surface area contributed by atoms with Crippen LogP contribution in [0.2, 0.25) is 5.02 Å². The van der Waals surface area contributed by atoms with Crippen LogP contribution < -0.4 is 0 Å². The zero-order valence-corrected chi connectivity index (χ0v) is 11.6. The Morgan fingerprint density at radius 1 is 1.05 bits per heavy atom. The summed E-state index contributed by atoms with van der Waals surface area (Å²) in [5.74, 6) is -1.55. The highest BCUT2D eigenvalue weighted by atomic mass is 35.5. The molecule has 0 saturated heterocycles. The van der Waals surface area contributed by atoms with E-state index in [4.69, 9.17) is 11.6 Å². The molecule has 0 heterocycles. The van der Waals surface area contributed by atoms with Crippen LogP contribution in [-0.2, 0) is 4.79 Å². The van der Waals surface area contributed by atoms with Gasteiger partial charge in [-0.15, -0.1) is 0 Å². The van der Waals surface area contributed by atoms with Crippen LogP contribution >= 0.6 is 11.6 Å². The fraction of sp³-hybridized carbons (Fsp3) is 0.188. The molecule has 19 heavy (non-hydrogen) atoms. The monoisotopic (exact) mass is 274 g/mol. The number of hydrogen-bond donors (Lipinski definition) is 1. The summed E-state index contributed by atoms with van der Waals surface area (Å²) in [5.41, 5.74) is 3.71. The van der Waals surface area contributed by atoms with Gasteiger partial charge in [-0.2, -0.15) is 0 Å². The minimum Gasteiger partial charge on any atom is -0.481 e. The number of carboxylic acid groups (broad SMARTS) is 1. The maximum Gasteiger partial charge on any atom is 0.315 e. The van der Waals surface area contributed by atoms with Gasteiger partial charge in [0.05, 0.1) is 0 Å². The normalized spacial score (nSPS) is 12.2. The molecule has 3 heteroatoms. The summed E-state index contributed by atoms with van der Waals surface area (Å²) in [5, 5.41) is 10.0. The second-order valence-corrected chi connectivity index (χ2v) is 5.11. The number of aryl methyl sites for hydroxylation is 2. The molecule has 0 saturated carbocycles. The lowest BCUT2D eigenvalue weighted by Gasteiger charge is -2.15. The van der Waals surface area contributed by atoms with Crippen molar-refractivity contribution in [2.45, 2.75) is 19.8 Å². The topological polar surface area (TPSA) is 37.3 Å². The molecule has 2 rings (SSSR count). The van der Waals surface area contributed by atoms with Crippen molar-refractivity contribution in [1.82, 2.24) is 0 Å². The maximum atomic E-state index is 11.6. The van der Waals surface area contributed by atoms with Gasteiger partial charge >= 0.3 is 5.97 Å². The van der Waals surface area contributed by atoms with Gasteiger partial charge in [0.1, 0.15) is 5.92 Å². The molecular weight excluding hydrogens is 260 g/mol. The van der Waals surface area contributed by atoms with Crippen LogP contribution in [0.25, 0.3) is 0 Å². The summed E-state index contributed by atoms with van der Waals surface area (Å²) in [6, 6.07) is 12.7. The molecule has 0 amide bonds. The molecule has 1 N–H and O–H groups in total. The Morgan fingerprint density at radius 2 is 1.74 bits per heavy atom. The van der Waals surface area contributed by atoms with E-state index in [1.54, 1.807) is 24.3 Å². The van der Waals surface area contributed by atoms with Gasteiger partial charge in [-0.05, 0) is 48.2 Å². The molecule has 0 fully saturated rings. The SMILES string of the molecule is Cc1ccc(C(C(=O)O)c2cccc(Cl)c2)cc1C. The lowest BCUT2D eigenvalue weighted by atomic mass is 9.89. The van der Waals surface area contributed by atoms with Gasteiger partial charge < -0.3 is 5.11 Å². The smallest absolute Gasteiger partial charge is 0.315 e. The van der Waals surface area contributed by atoms with Crippen LogP contribution in [-0.4, -0.2) is 11.1 Å². The van der Waals surface area contributed by atoms with Crippen LogP contribution in [0.5, 0.6) is 0 Å². The van der Waals surface area contributed by atoms with Crippen molar-refractivity contribution in [3.8, 4) is 0 Å². The van der Waals surface area contributed by atoms with Crippen LogP contribution in [0, 0.1) is 13.8 Å². The molecule has 0 bridgehead atoms. The Morgan fingerprint density at radius 3 is 2.32 bits per heavy atom. The molecule has 0 aliphatic rings. The Bertz CT molecular complexity index is 620. The second kappa shape index (κ2) is 5.45. The number of benzene rings is 2. The van der Waals surface area contributed by atoms with Gasteiger partial charge in [-0.3, -0.25) is 4.79 Å². The van der Waals surface area contributed by atoms with Gasteiger partial charge in [0, 0.05) is 5.02 Å². The highest BCUT2D eigenvalue weighted by Gasteiger charge is 2.22. The first-order valence-electron chi connectivity index (χ1n) is 6.04. The molecule has 1 unspecified atom stereocenters. The van der Waals surface area contributed by atoms with Crippen LogP contribution in [0.1, 0.15) is 28.2 Å². The summed E-state index contributed by atoms with van der Waals surface area (Å²) in [7, 11) is 0. The molecule has 0 spiro atoms. The number of rotatable bonds is 3. The quantitative estimate of drug-likeness (QED) is 0.912. The van der Waals surface area contributed by atoms with Gasteiger partial charge in [-0.1, -0.05) is 41.9 Å². The first-order chi connectivity index (χ1) is 8.99. The van der Waals surface area contributed by atoms with Crippen molar-refractivity contribution in [2.75, 3.05) is 0 Å². The van der Waals surface area contributed by atoms with E-state index in [2.05, 4.69) is 0 Å².